The van der Waals surface area contributed by atoms with E-state index in [4.69, 9.17) is 9.66 Å². The van der Waals surface area contributed by atoms with Crippen LogP contribution in [0.2, 0.25) is 0 Å². The second-order valence-electron chi connectivity index (χ2n) is 3.47. The Balaban J connectivity index is 0.000000304. The quantitative estimate of drug-likeness (QED) is 0.780. The number of aryl methyl sites for hydroxylation is 1. The maximum Gasteiger partial charge on any atom is 0.264 e. The van der Waals surface area contributed by atoms with Crippen LogP contribution in [0.25, 0.3) is 0 Å². The van der Waals surface area contributed by atoms with Gasteiger partial charge < -0.3 is 5.11 Å². The first-order chi connectivity index (χ1) is 7.99. The summed E-state index contributed by atoms with van der Waals surface area (Å²) in [4.78, 5) is 3.93. The second kappa shape index (κ2) is 9.09. The van der Waals surface area contributed by atoms with E-state index in [1.807, 2.05) is 12.4 Å². The molecule has 0 aliphatic heterocycles. The van der Waals surface area contributed by atoms with Crippen LogP contribution in [-0.2, 0) is 16.5 Å². The monoisotopic (exact) mass is 261 g/mol. The molecule has 0 saturated carbocycles. The van der Waals surface area contributed by atoms with E-state index in [1.165, 1.54) is 18.4 Å². The van der Waals surface area contributed by atoms with Crippen LogP contribution in [0.3, 0.4) is 0 Å². The summed E-state index contributed by atoms with van der Waals surface area (Å²) in [6.07, 6.45) is 6.15. The molecule has 5 nitrogen and oxygen atoms in total. The molecule has 1 aromatic rings. The molecule has 0 radical (unpaired) electrons. The summed E-state index contributed by atoms with van der Waals surface area (Å²) >= 11 is 0. The molecule has 1 aromatic heterocycles. The topological polar surface area (TPSA) is 87.5 Å². The Bertz CT molecular complexity index is 378. The number of aliphatic hydroxyl groups excluding tert-OH is 1. The highest BCUT2D eigenvalue weighted by Gasteiger charge is 2.00. The average molecular weight is 261 g/mol. The van der Waals surface area contributed by atoms with Gasteiger partial charge in [-0.2, -0.15) is 8.42 Å². The summed E-state index contributed by atoms with van der Waals surface area (Å²) in [5.74, 6) is -0.358. The van der Waals surface area contributed by atoms with Gasteiger partial charge in [0.2, 0.25) is 0 Å². The zero-order valence-corrected chi connectivity index (χ0v) is 10.7. The predicted octanol–water partition coefficient (Wildman–Crippen LogP) is 1.29. The third kappa shape index (κ3) is 11.3. The van der Waals surface area contributed by atoms with Crippen molar-refractivity contribution >= 4 is 10.1 Å². The Morgan fingerprint density at radius 3 is 2.24 bits per heavy atom. The maximum absolute atomic E-state index is 9.83. The molecular weight excluding hydrogens is 242 g/mol. The van der Waals surface area contributed by atoms with Crippen LogP contribution in [0.5, 0.6) is 0 Å². The van der Waals surface area contributed by atoms with Crippen molar-refractivity contribution < 1.29 is 18.1 Å². The van der Waals surface area contributed by atoms with Gasteiger partial charge in [0.25, 0.3) is 10.1 Å². The predicted molar refractivity (Wildman–Crippen MR) is 66.4 cm³/mol. The molecule has 0 aliphatic rings. The number of rotatable bonds is 5. The summed E-state index contributed by atoms with van der Waals surface area (Å²) in [6, 6.07) is 4.12. The summed E-state index contributed by atoms with van der Waals surface area (Å²) in [5.41, 5.74) is 1.38. The Kier molecular flexibility index (Phi) is 8.57. The van der Waals surface area contributed by atoms with E-state index < -0.39 is 10.1 Å². The minimum atomic E-state index is -3.85. The molecule has 0 bridgehead atoms. The molecule has 0 aliphatic carbocycles. The van der Waals surface area contributed by atoms with Crippen molar-refractivity contribution in [1.29, 1.82) is 0 Å². The highest BCUT2D eigenvalue weighted by molar-refractivity contribution is 7.85. The molecular formula is C11H19NO4S. The van der Waals surface area contributed by atoms with Crippen molar-refractivity contribution in [2.75, 3.05) is 12.4 Å². The molecule has 1 heterocycles. The van der Waals surface area contributed by atoms with E-state index >= 15 is 0 Å². The fourth-order valence-corrected chi connectivity index (χ4v) is 1.58. The number of aromatic nitrogens is 1. The van der Waals surface area contributed by atoms with Crippen LogP contribution >= 0.6 is 0 Å². The van der Waals surface area contributed by atoms with Crippen molar-refractivity contribution in [3.63, 3.8) is 0 Å². The van der Waals surface area contributed by atoms with Gasteiger partial charge in [-0.3, -0.25) is 9.54 Å². The number of hydrogen-bond donors (Lipinski definition) is 2. The standard InChI is InChI=1S/C8H11N.C3H8O4S/c1-2-3-8-4-6-9-7-5-8;4-2-1-3-8(5,6)7/h4-7H,2-3H2,1H3;4H,1-3H2,(H,5,6,7). The van der Waals surface area contributed by atoms with Crippen LogP contribution in [0.15, 0.2) is 24.5 Å². The molecule has 98 valence electrons. The molecule has 0 aromatic carbocycles. The van der Waals surface area contributed by atoms with Crippen LogP contribution in [0.4, 0.5) is 0 Å². The molecule has 0 atom stereocenters. The molecule has 0 saturated heterocycles. The largest absolute Gasteiger partial charge is 0.396 e. The van der Waals surface area contributed by atoms with Gasteiger partial charge in [-0.15, -0.1) is 0 Å². The first-order valence-electron chi connectivity index (χ1n) is 5.44. The number of pyridine rings is 1. The fourth-order valence-electron chi connectivity index (χ4n) is 1.09. The average Bonchev–Trinajstić information content (AvgIpc) is 2.28. The van der Waals surface area contributed by atoms with Gasteiger partial charge in [-0.1, -0.05) is 13.3 Å². The lowest BCUT2D eigenvalue weighted by Crippen LogP contribution is -2.04. The normalized spacial score (nSPS) is 10.5. The zero-order chi connectivity index (χ0) is 13.1. The van der Waals surface area contributed by atoms with E-state index in [0.717, 1.165) is 0 Å². The van der Waals surface area contributed by atoms with Gasteiger partial charge in [-0.05, 0) is 30.5 Å². The lowest BCUT2D eigenvalue weighted by atomic mass is 10.2. The van der Waals surface area contributed by atoms with Gasteiger partial charge in [0.1, 0.15) is 0 Å². The van der Waals surface area contributed by atoms with Crippen molar-refractivity contribution in [2.24, 2.45) is 0 Å². The Morgan fingerprint density at radius 2 is 1.88 bits per heavy atom. The molecule has 0 fully saturated rings. The van der Waals surface area contributed by atoms with Crippen molar-refractivity contribution in [2.45, 2.75) is 26.2 Å². The highest BCUT2D eigenvalue weighted by Crippen LogP contribution is 1.98. The van der Waals surface area contributed by atoms with E-state index in [-0.39, 0.29) is 18.8 Å². The maximum atomic E-state index is 9.83. The molecule has 0 spiro atoms. The van der Waals surface area contributed by atoms with Gasteiger partial charge in [0.15, 0.2) is 0 Å². The van der Waals surface area contributed by atoms with E-state index in [1.54, 1.807) is 0 Å². The SMILES string of the molecule is CCCc1ccncc1.O=S(=O)(O)CCCO. The number of nitrogens with zero attached hydrogens (tertiary/aromatic N) is 1. The molecule has 6 heteroatoms. The second-order valence-corrected chi connectivity index (χ2v) is 5.04. The van der Waals surface area contributed by atoms with Crippen molar-refractivity contribution in [1.82, 2.24) is 4.98 Å². The van der Waals surface area contributed by atoms with E-state index in [0.29, 0.717) is 0 Å². The number of hydrogen-bond acceptors (Lipinski definition) is 4. The first-order valence-corrected chi connectivity index (χ1v) is 7.05. The van der Waals surface area contributed by atoms with Crippen LogP contribution < -0.4 is 0 Å². The van der Waals surface area contributed by atoms with E-state index in [2.05, 4.69) is 24.0 Å². The lowest BCUT2D eigenvalue weighted by molar-refractivity contribution is 0.294. The van der Waals surface area contributed by atoms with Crippen LogP contribution in [-0.4, -0.2) is 35.4 Å². The third-order valence-corrected chi connectivity index (χ3v) is 2.65. The van der Waals surface area contributed by atoms with Gasteiger partial charge in [0, 0.05) is 19.0 Å². The molecule has 2 N–H and O–H groups in total. The Labute approximate surface area is 102 Å². The summed E-state index contributed by atoms with van der Waals surface area (Å²) in [6.45, 7) is 1.97. The van der Waals surface area contributed by atoms with Gasteiger partial charge in [-0.25, -0.2) is 0 Å². The summed E-state index contributed by atoms with van der Waals surface area (Å²) < 4.78 is 27.7. The third-order valence-electron chi connectivity index (χ3n) is 1.85. The zero-order valence-electron chi connectivity index (χ0n) is 9.91. The van der Waals surface area contributed by atoms with Crippen LogP contribution in [0, 0.1) is 0 Å². The summed E-state index contributed by atoms with van der Waals surface area (Å²) in [7, 11) is -3.85. The van der Waals surface area contributed by atoms with Crippen molar-refractivity contribution in [3.8, 4) is 0 Å². The highest BCUT2D eigenvalue weighted by atomic mass is 32.2. The first kappa shape index (κ1) is 16.0. The molecule has 17 heavy (non-hydrogen) atoms. The van der Waals surface area contributed by atoms with Gasteiger partial charge >= 0.3 is 0 Å². The summed E-state index contributed by atoms with van der Waals surface area (Å²) in [5, 5.41) is 8.05. The smallest absolute Gasteiger partial charge is 0.264 e. The van der Waals surface area contributed by atoms with Crippen LogP contribution in [0.1, 0.15) is 25.3 Å². The fraction of sp³-hybridized carbons (Fsp3) is 0.545. The Morgan fingerprint density at radius 1 is 1.29 bits per heavy atom. The van der Waals surface area contributed by atoms with E-state index in [9.17, 15) is 8.42 Å². The van der Waals surface area contributed by atoms with Crippen molar-refractivity contribution in [3.05, 3.63) is 30.1 Å². The molecule has 0 unspecified atom stereocenters. The molecule has 1 rings (SSSR count). The molecule has 0 amide bonds. The minimum absolute atomic E-state index is 0.0961. The lowest BCUT2D eigenvalue weighted by Gasteiger charge is -1.93. The Hall–Kier alpha value is -0.980. The van der Waals surface area contributed by atoms with Gasteiger partial charge in [0.05, 0.1) is 5.75 Å². The minimum Gasteiger partial charge on any atom is -0.396 e. The number of aliphatic hydroxyl groups is 1.